The van der Waals surface area contributed by atoms with Gasteiger partial charge >= 0.3 is 11.9 Å². The van der Waals surface area contributed by atoms with E-state index in [4.69, 9.17) is 14.2 Å². The number of amides is 1. The molecule has 1 fully saturated rings. The van der Waals surface area contributed by atoms with Crippen molar-refractivity contribution in [3.8, 4) is 0 Å². The number of nitrogens with zero attached hydrogens (tertiary/aromatic N) is 1. The molecule has 0 aromatic carbocycles. The molecule has 8 nitrogen and oxygen atoms in total. The van der Waals surface area contributed by atoms with E-state index < -0.39 is 11.9 Å². The van der Waals surface area contributed by atoms with Crippen molar-refractivity contribution in [1.82, 2.24) is 4.90 Å². The Labute approximate surface area is 150 Å². The molecule has 1 aromatic heterocycles. The number of esters is 2. The Hall–Kier alpha value is -1.97. The Kier molecular flexibility index (Phi) is 6.91. The molecule has 0 spiro atoms. The maximum absolute atomic E-state index is 12.3. The number of hydrogen-bond acceptors (Lipinski definition) is 8. The van der Waals surface area contributed by atoms with E-state index in [0.717, 1.165) is 11.3 Å². The van der Waals surface area contributed by atoms with Gasteiger partial charge in [0.05, 0.1) is 39.0 Å². The van der Waals surface area contributed by atoms with Crippen molar-refractivity contribution in [3.63, 3.8) is 0 Å². The fraction of sp³-hybridized carbons (Fsp3) is 0.562. The third-order valence-electron chi connectivity index (χ3n) is 3.72. The molecule has 1 aromatic rings. The van der Waals surface area contributed by atoms with E-state index in [0.29, 0.717) is 36.9 Å². The molecule has 9 heteroatoms. The first-order chi connectivity index (χ1) is 12.0. The SMILES string of the molecule is CCOC(=O)c1c(NC(=O)CN2CCOCC2)sc(C(=O)OC)c1C. The first-order valence-electron chi connectivity index (χ1n) is 7.96. The Morgan fingerprint density at radius 2 is 1.92 bits per heavy atom. The van der Waals surface area contributed by atoms with Gasteiger partial charge < -0.3 is 19.5 Å². The average molecular weight is 370 g/mol. The summed E-state index contributed by atoms with van der Waals surface area (Å²) in [5, 5.41) is 3.03. The molecule has 2 rings (SSSR count). The molecule has 25 heavy (non-hydrogen) atoms. The standard InChI is InChI=1S/C16H22N2O6S/c1-4-24-15(20)12-10(2)13(16(21)22-3)25-14(12)17-11(19)9-18-5-7-23-8-6-18/h4-9H2,1-3H3,(H,17,19). The zero-order valence-electron chi connectivity index (χ0n) is 14.5. The molecular weight excluding hydrogens is 348 g/mol. The predicted molar refractivity (Wildman–Crippen MR) is 92.2 cm³/mol. The van der Waals surface area contributed by atoms with Gasteiger partial charge in [0.15, 0.2) is 0 Å². The Balaban J connectivity index is 2.20. The Morgan fingerprint density at radius 1 is 1.24 bits per heavy atom. The summed E-state index contributed by atoms with van der Waals surface area (Å²) >= 11 is 1.01. The van der Waals surface area contributed by atoms with E-state index in [2.05, 4.69) is 5.32 Å². The molecule has 0 radical (unpaired) electrons. The van der Waals surface area contributed by atoms with Crippen LogP contribution in [0.5, 0.6) is 0 Å². The van der Waals surface area contributed by atoms with Crippen LogP contribution in [0.2, 0.25) is 0 Å². The molecular formula is C16H22N2O6S. The van der Waals surface area contributed by atoms with Gasteiger partial charge in [-0.25, -0.2) is 9.59 Å². The van der Waals surface area contributed by atoms with Gasteiger partial charge in [-0.3, -0.25) is 9.69 Å². The third kappa shape index (κ3) is 4.77. The molecule has 1 aliphatic heterocycles. The van der Waals surface area contributed by atoms with Crippen LogP contribution in [0.25, 0.3) is 0 Å². The lowest BCUT2D eigenvalue weighted by atomic mass is 10.1. The number of methoxy groups -OCH3 is 1. The maximum atomic E-state index is 12.3. The number of anilines is 1. The van der Waals surface area contributed by atoms with Crippen LogP contribution in [-0.2, 0) is 19.0 Å². The Morgan fingerprint density at radius 3 is 2.52 bits per heavy atom. The number of carbonyl (C=O) groups is 3. The van der Waals surface area contributed by atoms with E-state index in [-0.39, 0.29) is 29.5 Å². The highest BCUT2D eigenvalue weighted by Gasteiger charge is 2.27. The maximum Gasteiger partial charge on any atom is 0.348 e. The second-order valence-corrected chi connectivity index (χ2v) is 6.43. The highest BCUT2D eigenvalue weighted by atomic mass is 32.1. The minimum absolute atomic E-state index is 0.191. The van der Waals surface area contributed by atoms with Crippen molar-refractivity contribution in [2.24, 2.45) is 0 Å². The summed E-state index contributed by atoms with van der Waals surface area (Å²) in [5.74, 6) is -1.39. The van der Waals surface area contributed by atoms with E-state index >= 15 is 0 Å². The second kappa shape index (κ2) is 8.93. The molecule has 2 heterocycles. The largest absolute Gasteiger partial charge is 0.465 e. The highest BCUT2D eigenvalue weighted by Crippen LogP contribution is 2.34. The fourth-order valence-electron chi connectivity index (χ4n) is 2.47. The highest BCUT2D eigenvalue weighted by molar-refractivity contribution is 7.18. The monoisotopic (exact) mass is 370 g/mol. The molecule has 138 valence electrons. The second-order valence-electron chi connectivity index (χ2n) is 5.41. The normalized spacial score (nSPS) is 14.8. The van der Waals surface area contributed by atoms with E-state index in [1.165, 1.54) is 7.11 Å². The number of hydrogen-bond donors (Lipinski definition) is 1. The van der Waals surface area contributed by atoms with Gasteiger partial charge in [-0.2, -0.15) is 0 Å². The lowest BCUT2D eigenvalue weighted by Gasteiger charge is -2.25. The fourth-order valence-corrected chi connectivity index (χ4v) is 3.60. The number of nitrogens with one attached hydrogen (secondary N) is 1. The van der Waals surface area contributed by atoms with E-state index in [1.807, 2.05) is 4.90 Å². The van der Waals surface area contributed by atoms with Crippen LogP contribution < -0.4 is 5.32 Å². The number of carbonyl (C=O) groups excluding carboxylic acids is 3. The van der Waals surface area contributed by atoms with Crippen LogP contribution in [0.1, 0.15) is 32.5 Å². The lowest BCUT2D eigenvalue weighted by Crippen LogP contribution is -2.41. The first-order valence-corrected chi connectivity index (χ1v) is 8.78. The van der Waals surface area contributed by atoms with Gasteiger partial charge in [-0.15, -0.1) is 11.3 Å². The summed E-state index contributed by atoms with van der Waals surface area (Å²) in [6.07, 6.45) is 0. The van der Waals surface area contributed by atoms with Crippen molar-refractivity contribution in [3.05, 3.63) is 16.0 Å². The van der Waals surface area contributed by atoms with Crippen LogP contribution in [0.3, 0.4) is 0 Å². The zero-order valence-corrected chi connectivity index (χ0v) is 15.4. The number of ether oxygens (including phenoxy) is 3. The molecule has 1 amide bonds. The topological polar surface area (TPSA) is 94.2 Å². The summed E-state index contributed by atoms with van der Waals surface area (Å²) in [6.45, 7) is 6.24. The van der Waals surface area contributed by atoms with Gasteiger partial charge in [0.2, 0.25) is 5.91 Å². The van der Waals surface area contributed by atoms with Crippen molar-refractivity contribution < 1.29 is 28.6 Å². The zero-order chi connectivity index (χ0) is 18.4. The van der Waals surface area contributed by atoms with Crippen molar-refractivity contribution >= 4 is 34.2 Å². The van der Waals surface area contributed by atoms with Gasteiger partial charge in [0, 0.05) is 13.1 Å². The summed E-state index contributed by atoms with van der Waals surface area (Å²) in [7, 11) is 1.27. The number of thiophene rings is 1. The van der Waals surface area contributed by atoms with Crippen molar-refractivity contribution in [2.45, 2.75) is 13.8 Å². The molecule has 0 bridgehead atoms. The predicted octanol–water partition coefficient (Wildman–Crippen LogP) is 1.29. The summed E-state index contributed by atoms with van der Waals surface area (Å²) in [4.78, 5) is 38.7. The van der Waals surface area contributed by atoms with Crippen molar-refractivity contribution in [1.29, 1.82) is 0 Å². The summed E-state index contributed by atoms with van der Waals surface area (Å²) < 4.78 is 15.0. The number of morpholine rings is 1. The number of rotatable bonds is 6. The van der Waals surface area contributed by atoms with Crippen molar-refractivity contribution in [2.75, 3.05) is 51.9 Å². The van der Waals surface area contributed by atoms with Gasteiger partial charge in [0.1, 0.15) is 9.88 Å². The van der Waals surface area contributed by atoms with E-state index in [9.17, 15) is 14.4 Å². The van der Waals surface area contributed by atoms with Gasteiger partial charge in [-0.1, -0.05) is 0 Å². The van der Waals surface area contributed by atoms with Gasteiger partial charge in [0.25, 0.3) is 0 Å². The lowest BCUT2D eigenvalue weighted by molar-refractivity contribution is -0.118. The molecule has 1 N–H and O–H groups in total. The van der Waals surface area contributed by atoms with Crippen LogP contribution in [-0.4, -0.2) is 69.3 Å². The van der Waals surface area contributed by atoms with Gasteiger partial charge in [-0.05, 0) is 19.4 Å². The molecule has 0 unspecified atom stereocenters. The average Bonchev–Trinajstić information content (AvgIpc) is 2.91. The quantitative estimate of drug-likeness (QED) is 0.754. The summed E-state index contributed by atoms with van der Waals surface area (Å²) in [5.41, 5.74) is 0.638. The minimum Gasteiger partial charge on any atom is -0.465 e. The van der Waals surface area contributed by atoms with Crippen LogP contribution in [0.15, 0.2) is 0 Å². The van der Waals surface area contributed by atoms with Crippen LogP contribution in [0, 0.1) is 6.92 Å². The Bertz CT molecular complexity index is 651. The first kappa shape index (κ1) is 19.4. The van der Waals surface area contributed by atoms with E-state index in [1.54, 1.807) is 13.8 Å². The van der Waals surface area contributed by atoms with Crippen LogP contribution in [0.4, 0.5) is 5.00 Å². The molecule has 1 saturated heterocycles. The third-order valence-corrected chi connectivity index (χ3v) is 4.91. The summed E-state index contributed by atoms with van der Waals surface area (Å²) in [6, 6.07) is 0. The molecule has 0 atom stereocenters. The van der Waals surface area contributed by atoms with Crippen LogP contribution >= 0.6 is 11.3 Å². The molecule has 0 aliphatic carbocycles. The smallest absolute Gasteiger partial charge is 0.348 e. The molecule has 1 aliphatic rings. The minimum atomic E-state index is -0.576. The molecule has 0 saturated carbocycles.